The van der Waals surface area contributed by atoms with Crippen LogP contribution in [0.1, 0.15) is 92.2 Å². The predicted molar refractivity (Wildman–Crippen MR) is 245 cm³/mol. The Morgan fingerprint density at radius 1 is 0.919 bits per heavy atom. The lowest BCUT2D eigenvalue weighted by Gasteiger charge is -2.25. The molecule has 0 radical (unpaired) electrons. The number of benzene rings is 3. The molecule has 0 N–H and O–H groups in total. The van der Waals surface area contributed by atoms with Crippen LogP contribution in [0.3, 0.4) is 0 Å². The van der Waals surface area contributed by atoms with Crippen LogP contribution in [0.15, 0.2) is 108 Å². The van der Waals surface area contributed by atoms with E-state index in [1.54, 1.807) is 73.9 Å². The average Bonchev–Trinajstić information content (AvgIpc) is 3.45. The summed E-state index contributed by atoms with van der Waals surface area (Å²) in [6.07, 6.45) is 13.6. The highest BCUT2D eigenvalue weighted by atomic mass is 16.6. The number of rotatable bonds is 13. The van der Waals surface area contributed by atoms with Crippen LogP contribution < -0.4 is 19.4 Å². The minimum Gasteiger partial charge on any atom is -0.442 e. The Kier molecular flexibility index (Phi) is 16.5. The van der Waals surface area contributed by atoms with E-state index in [-0.39, 0.29) is 28.9 Å². The molecule has 3 aromatic carbocycles. The molecule has 62 heavy (non-hydrogen) atoms. The van der Waals surface area contributed by atoms with Crippen LogP contribution in [-0.2, 0) is 19.1 Å². The summed E-state index contributed by atoms with van der Waals surface area (Å²) in [6.45, 7) is 17.8. The number of esters is 2. The quantitative estimate of drug-likeness (QED) is 0.0242. The molecule has 3 aromatic rings. The Labute approximate surface area is 366 Å². The fourth-order valence-electron chi connectivity index (χ4n) is 6.81. The number of likely N-dealkylation sites (N-methyl/N-ethyl adjacent to an activating group) is 1. The fourth-order valence-corrected chi connectivity index (χ4v) is 6.81. The summed E-state index contributed by atoms with van der Waals surface area (Å²) in [5.41, 5.74) is 3.02. The average molecular weight is 843 g/mol. The zero-order chi connectivity index (χ0) is 45.8. The second kappa shape index (κ2) is 21.3. The first kappa shape index (κ1) is 48.1. The monoisotopic (exact) mass is 842 g/mol. The zero-order valence-corrected chi connectivity index (χ0v) is 37.8. The van der Waals surface area contributed by atoms with Gasteiger partial charge in [0.25, 0.3) is 0 Å². The fraction of sp³-hybridized carbons (Fsp3) is 0.380. The predicted octanol–water partition coefficient (Wildman–Crippen LogP) is 9.90. The smallest absolute Gasteiger partial charge is 0.435 e. The topological polar surface area (TPSA) is 142 Å². The molecule has 326 valence electrons. The van der Waals surface area contributed by atoms with E-state index in [4.69, 9.17) is 14.2 Å². The van der Waals surface area contributed by atoms with E-state index in [0.717, 1.165) is 12.1 Å². The SMILES string of the molecule is CCC(C)C(=O)Oc1cccc(N(/N=C\C2=[N+](C)C3C=CC=CC3C2(C)C)C(=O)OC(C)(C)C)c1.CCC(C)c1ccc(OC(=O)C(C#N)=Cc2ccc(N(C)C=O)cc2)cc1. The number of nitrogens with zero attached hydrogens (tertiary/aromatic N) is 5. The third kappa shape index (κ3) is 12.5. The van der Waals surface area contributed by atoms with Gasteiger partial charge in [-0.2, -0.15) is 15.4 Å². The molecular weight excluding hydrogens is 783 g/mol. The summed E-state index contributed by atoms with van der Waals surface area (Å²) in [5, 5.41) is 15.1. The standard InChI is InChI=1S/C28H38N3O4.C22H22N2O3/c1-9-19(2)25(32)34-21-14-12-13-20(17-21)31(26(33)35-27(3,4)5)29-18-24-28(6,7)22-15-10-11-16-23(22)30(24)8;1-4-16(2)18-7-11-21(12-8-18)27-22(26)19(14-23)13-17-5-9-20(10-6-17)24(3)15-25/h10-19,22-23H,9H2,1-8H3;5-13,15-16H,4H2,1-3H3/q+1;. The van der Waals surface area contributed by atoms with Crippen molar-refractivity contribution in [3.8, 4) is 17.6 Å². The van der Waals surface area contributed by atoms with E-state index in [1.807, 2.05) is 59.9 Å². The van der Waals surface area contributed by atoms with Gasteiger partial charge in [0.15, 0.2) is 6.04 Å². The number of nitriles is 1. The molecule has 0 bridgehead atoms. The molecular formula is C50H60N5O7+. The van der Waals surface area contributed by atoms with Crippen LogP contribution in [0.5, 0.6) is 11.5 Å². The molecule has 0 saturated carbocycles. The number of hydrogen-bond donors (Lipinski definition) is 0. The van der Waals surface area contributed by atoms with Crippen molar-refractivity contribution < 1.29 is 38.0 Å². The van der Waals surface area contributed by atoms with E-state index in [2.05, 4.69) is 61.7 Å². The van der Waals surface area contributed by atoms with Gasteiger partial charge in [0.2, 0.25) is 12.1 Å². The number of hydrogen-bond acceptors (Lipinski definition) is 9. The molecule has 4 unspecified atom stereocenters. The minimum atomic E-state index is -0.706. The lowest BCUT2D eigenvalue weighted by Crippen LogP contribution is -2.35. The molecule has 0 aromatic heterocycles. The lowest BCUT2D eigenvalue weighted by atomic mass is 9.73. The van der Waals surface area contributed by atoms with Gasteiger partial charge < -0.3 is 19.1 Å². The highest BCUT2D eigenvalue weighted by Gasteiger charge is 2.51. The third-order valence-electron chi connectivity index (χ3n) is 11.0. The number of fused-ring (bicyclic) bond motifs is 1. The Balaban J connectivity index is 0.000000282. The van der Waals surface area contributed by atoms with Crippen molar-refractivity contribution in [3.63, 3.8) is 0 Å². The maximum absolute atomic E-state index is 13.2. The van der Waals surface area contributed by atoms with Crippen LogP contribution in [0.4, 0.5) is 16.2 Å². The zero-order valence-electron chi connectivity index (χ0n) is 37.8. The Hall–Kier alpha value is -6.61. The highest BCUT2D eigenvalue weighted by molar-refractivity contribution is 6.31. The first-order chi connectivity index (χ1) is 29.3. The van der Waals surface area contributed by atoms with E-state index in [9.17, 15) is 24.4 Å². The summed E-state index contributed by atoms with van der Waals surface area (Å²) < 4.78 is 18.7. The van der Waals surface area contributed by atoms with Crippen LogP contribution >= 0.6 is 0 Å². The Bertz CT molecular complexity index is 2270. The first-order valence-electron chi connectivity index (χ1n) is 20.9. The van der Waals surface area contributed by atoms with Crippen molar-refractivity contribution >= 4 is 53.8 Å². The molecule has 1 aliphatic carbocycles. The molecule has 0 spiro atoms. The van der Waals surface area contributed by atoms with Gasteiger partial charge in [0, 0.05) is 18.8 Å². The van der Waals surface area contributed by atoms with Crippen molar-refractivity contribution in [1.29, 1.82) is 5.26 Å². The van der Waals surface area contributed by atoms with Crippen molar-refractivity contribution in [2.75, 3.05) is 24.0 Å². The first-order valence-corrected chi connectivity index (χ1v) is 20.9. The molecule has 1 heterocycles. The molecule has 2 aliphatic rings. The number of carbonyl (C=O) groups excluding carboxylic acids is 4. The molecule has 5 rings (SSSR count). The van der Waals surface area contributed by atoms with Gasteiger partial charge in [0.05, 0.1) is 22.9 Å². The van der Waals surface area contributed by atoms with Crippen molar-refractivity contribution in [2.45, 2.75) is 92.7 Å². The van der Waals surface area contributed by atoms with Gasteiger partial charge in [0.1, 0.15) is 42.0 Å². The van der Waals surface area contributed by atoms with Gasteiger partial charge in [-0.05, 0) is 113 Å². The molecule has 12 heteroatoms. The number of ether oxygens (including phenoxy) is 3. The summed E-state index contributed by atoms with van der Waals surface area (Å²) in [6, 6.07) is 23.1. The summed E-state index contributed by atoms with van der Waals surface area (Å²) in [7, 11) is 3.69. The molecule has 2 amide bonds. The number of hydrazone groups is 1. The van der Waals surface area contributed by atoms with Crippen LogP contribution in [-0.4, -0.2) is 66.7 Å². The lowest BCUT2D eigenvalue weighted by molar-refractivity contribution is -0.520. The van der Waals surface area contributed by atoms with Crippen molar-refractivity contribution in [2.24, 2.45) is 22.4 Å². The number of allylic oxidation sites excluding steroid dienone is 2. The van der Waals surface area contributed by atoms with Gasteiger partial charge in [-0.25, -0.2) is 14.2 Å². The van der Waals surface area contributed by atoms with Crippen LogP contribution in [0, 0.1) is 28.6 Å². The molecule has 1 aliphatic heterocycles. The van der Waals surface area contributed by atoms with Crippen LogP contribution in [0.2, 0.25) is 0 Å². The summed E-state index contributed by atoms with van der Waals surface area (Å²) in [4.78, 5) is 49.9. The largest absolute Gasteiger partial charge is 0.442 e. The third-order valence-corrected chi connectivity index (χ3v) is 11.0. The van der Waals surface area contributed by atoms with Gasteiger partial charge in [-0.3, -0.25) is 9.59 Å². The normalized spacial score (nSPS) is 17.5. The van der Waals surface area contributed by atoms with Gasteiger partial charge in [-0.15, -0.1) is 0 Å². The second-order valence-electron chi connectivity index (χ2n) is 17.0. The minimum absolute atomic E-state index is 0.0995. The number of amides is 2. The summed E-state index contributed by atoms with van der Waals surface area (Å²) >= 11 is 0. The Morgan fingerprint density at radius 2 is 1.58 bits per heavy atom. The highest BCUT2D eigenvalue weighted by Crippen LogP contribution is 2.40. The van der Waals surface area contributed by atoms with Crippen molar-refractivity contribution in [1.82, 2.24) is 0 Å². The van der Waals surface area contributed by atoms with Crippen LogP contribution in [0.25, 0.3) is 6.08 Å². The number of carbonyl (C=O) groups is 4. The second-order valence-corrected chi connectivity index (χ2v) is 17.0. The van der Waals surface area contributed by atoms with E-state index in [1.165, 1.54) is 21.5 Å². The molecule has 12 nitrogen and oxygen atoms in total. The van der Waals surface area contributed by atoms with E-state index >= 15 is 0 Å². The number of anilines is 2. The van der Waals surface area contributed by atoms with Crippen molar-refractivity contribution in [3.05, 3.63) is 114 Å². The van der Waals surface area contributed by atoms with E-state index < -0.39 is 17.7 Å². The molecule has 0 fully saturated rings. The summed E-state index contributed by atoms with van der Waals surface area (Å²) in [5.74, 6) is 0.248. The maximum atomic E-state index is 13.2. The maximum Gasteiger partial charge on any atom is 0.435 e. The Morgan fingerprint density at radius 3 is 2.16 bits per heavy atom. The molecule has 0 saturated heterocycles. The molecule has 4 atom stereocenters. The van der Waals surface area contributed by atoms with Gasteiger partial charge in [-0.1, -0.05) is 76.3 Å². The van der Waals surface area contributed by atoms with E-state index in [0.29, 0.717) is 53.1 Å². The van der Waals surface area contributed by atoms with Gasteiger partial charge >= 0.3 is 18.0 Å².